The summed E-state index contributed by atoms with van der Waals surface area (Å²) in [4.78, 5) is 4.95. The van der Waals surface area contributed by atoms with Crippen molar-refractivity contribution in [2.75, 3.05) is 12.1 Å². The molecule has 2 aromatic heterocycles. The van der Waals surface area contributed by atoms with Gasteiger partial charge in [0.15, 0.2) is 11.5 Å². The van der Waals surface area contributed by atoms with Crippen LogP contribution in [0.25, 0.3) is 5.65 Å². The average molecular weight is 180 g/mol. The molecule has 0 aromatic carbocycles. The molecule has 1 N–H and O–H groups in total. The Kier molecular flexibility index (Phi) is 2.01. The third kappa shape index (κ3) is 1.54. The van der Waals surface area contributed by atoms with Crippen molar-refractivity contribution < 1.29 is 4.84 Å². The van der Waals surface area contributed by atoms with Crippen LogP contribution in [0.3, 0.4) is 0 Å². The molecule has 7 nitrogen and oxygen atoms in total. The van der Waals surface area contributed by atoms with Gasteiger partial charge in [0.2, 0.25) is 0 Å². The Morgan fingerprint density at radius 3 is 3.31 bits per heavy atom. The van der Waals surface area contributed by atoms with Crippen molar-refractivity contribution in [1.29, 1.82) is 0 Å². The van der Waals surface area contributed by atoms with E-state index in [-0.39, 0.29) is 0 Å². The van der Waals surface area contributed by atoms with Crippen LogP contribution in [0.2, 0.25) is 0 Å². The van der Waals surface area contributed by atoms with E-state index in [0.29, 0.717) is 18.1 Å². The molecule has 0 amide bonds. The van der Waals surface area contributed by atoms with Gasteiger partial charge in [0.25, 0.3) is 0 Å². The van der Waals surface area contributed by atoms with Gasteiger partial charge in [0.05, 0.1) is 6.61 Å². The van der Waals surface area contributed by atoms with Gasteiger partial charge in [-0.2, -0.15) is 0 Å². The third-order valence-electron chi connectivity index (χ3n) is 1.39. The Labute approximate surface area is 73.6 Å². The summed E-state index contributed by atoms with van der Waals surface area (Å²) in [7, 11) is 0. The first-order chi connectivity index (χ1) is 6.40. The summed E-state index contributed by atoms with van der Waals surface area (Å²) in [5.41, 5.74) is 3.25. The van der Waals surface area contributed by atoms with Crippen molar-refractivity contribution >= 4 is 11.5 Å². The second-order valence-electron chi connectivity index (χ2n) is 2.28. The molecular formula is C6H8N6O. The predicted molar refractivity (Wildman–Crippen MR) is 43.8 cm³/mol. The number of fused-ring (bicyclic) bond motifs is 1. The van der Waals surface area contributed by atoms with Crippen LogP contribution < -0.4 is 5.48 Å². The molecule has 13 heavy (non-hydrogen) atoms. The van der Waals surface area contributed by atoms with Crippen LogP contribution in [0.15, 0.2) is 12.1 Å². The number of hydrogen-bond acceptors (Lipinski definition) is 6. The topological polar surface area (TPSA) is 77.2 Å². The zero-order chi connectivity index (χ0) is 9.10. The molecular weight excluding hydrogens is 172 g/mol. The van der Waals surface area contributed by atoms with Gasteiger partial charge in [-0.05, 0) is 29.5 Å². The fourth-order valence-corrected chi connectivity index (χ4v) is 0.850. The van der Waals surface area contributed by atoms with Crippen molar-refractivity contribution in [3.63, 3.8) is 0 Å². The smallest absolute Gasteiger partial charge is 0.200 e. The van der Waals surface area contributed by atoms with Crippen molar-refractivity contribution in [1.82, 2.24) is 25.3 Å². The van der Waals surface area contributed by atoms with E-state index in [1.54, 1.807) is 12.1 Å². The highest BCUT2D eigenvalue weighted by Gasteiger charge is 1.98. The highest BCUT2D eigenvalue weighted by molar-refractivity contribution is 5.40. The summed E-state index contributed by atoms with van der Waals surface area (Å²) in [6, 6.07) is 3.48. The normalized spacial score (nSPS) is 10.5. The van der Waals surface area contributed by atoms with Crippen molar-refractivity contribution in [2.45, 2.75) is 6.92 Å². The van der Waals surface area contributed by atoms with E-state index in [1.807, 2.05) is 6.92 Å². The van der Waals surface area contributed by atoms with Gasteiger partial charge in [-0.3, -0.25) is 4.84 Å². The molecule has 0 unspecified atom stereocenters. The minimum Gasteiger partial charge on any atom is -0.275 e. The number of nitrogens with zero attached hydrogens (tertiary/aromatic N) is 5. The summed E-state index contributed by atoms with van der Waals surface area (Å²) in [5, 5.41) is 14.8. The van der Waals surface area contributed by atoms with Gasteiger partial charge < -0.3 is 0 Å². The number of rotatable bonds is 3. The van der Waals surface area contributed by atoms with Gasteiger partial charge in [-0.25, -0.2) is 5.48 Å². The predicted octanol–water partition coefficient (Wildman–Crippen LogP) is -0.117. The first kappa shape index (κ1) is 7.87. The van der Waals surface area contributed by atoms with Crippen LogP contribution in [-0.4, -0.2) is 31.9 Å². The first-order valence-corrected chi connectivity index (χ1v) is 3.83. The molecule has 7 heteroatoms. The van der Waals surface area contributed by atoms with Crippen LogP contribution in [-0.2, 0) is 4.84 Å². The Morgan fingerprint density at radius 2 is 2.46 bits per heavy atom. The molecule has 0 aliphatic carbocycles. The molecule has 0 bridgehead atoms. The highest BCUT2D eigenvalue weighted by atomic mass is 16.6. The molecule has 0 radical (unpaired) electrons. The van der Waals surface area contributed by atoms with E-state index < -0.39 is 0 Å². The van der Waals surface area contributed by atoms with Crippen LogP contribution in [0.4, 0.5) is 5.82 Å². The maximum atomic E-state index is 4.95. The summed E-state index contributed by atoms with van der Waals surface area (Å²) < 4.78 is 1.32. The molecule has 0 atom stereocenters. The third-order valence-corrected chi connectivity index (χ3v) is 1.39. The minimum absolute atomic E-state index is 0.565. The number of hydrogen-bond donors (Lipinski definition) is 1. The number of nitrogens with one attached hydrogen (secondary N) is 1. The van der Waals surface area contributed by atoms with Crippen LogP contribution in [0.5, 0.6) is 0 Å². The highest BCUT2D eigenvalue weighted by Crippen LogP contribution is 2.02. The second-order valence-corrected chi connectivity index (χ2v) is 2.28. The maximum absolute atomic E-state index is 4.95. The molecule has 68 valence electrons. The van der Waals surface area contributed by atoms with Crippen molar-refractivity contribution in [3.8, 4) is 0 Å². The van der Waals surface area contributed by atoms with Crippen LogP contribution >= 0.6 is 0 Å². The van der Waals surface area contributed by atoms with E-state index >= 15 is 0 Å². The fourth-order valence-electron chi connectivity index (χ4n) is 0.850. The molecule has 0 aliphatic heterocycles. The number of anilines is 1. The lowest BCUT2D eigenvalue weighted by atomic mass is 10.5. The maximum Gasteiger partial charge on any atom is 0.200 e. The van der Waals surface area contributed by atoms with Gasteiger partial charge in [-0.15, -0.1) is 14.8 Å². The minimum atomic E-state index is 0.565. The van der Waals surface area contributed by atoms with Crippen molar-refractivity contribution in [3.05, 3.63) is 12.1 Å². The summed E-state index contributed by atoms with van der Waals surface area (Å²) in [5.74, 6) is 0.571. The fraction of sp³-hybridized carbons (Fsp3) is 0.333. The lowest BCUT2D eigenvalue weighted by Crippen LogP contribution is -2.05. The Morgan fingerprint density at radius 1 is 1.54 bits per heavy atom. The summed E-state index contributed by atoms with van der Waals surface area (Å²) >= 11 is 0. The van der Waals surface area contributed by atoms with Gasteiger partial charge >= 0.3 is 0 Å². The summed E-state index contributed by atoms with van der Waals surface area (Å²) in [6.07, 6.45) is 0. The number of tetrazole rings is 1. The zero-order valence-corrected chi connectivity index (χ0v) is 7.01. The van der Waals surface area contributed by atoms with E-state index in [2.05, 4.69) is 26.1 Å². The average Bonchev–Trinajstić information content (AvgIpc) is 2.61. The van der Waals surface area contributed by atoms with Crippen LogP contribution in [0.1, 0.15) is 6.92 Å². The molecule has 0 saturated carbocycles. The summed E-state index contributed by atoms with van der Waals surface area (Å²) in [6.45, 7) is 2.44. The molecule has 0 aliphatic rings. The standard InChI is InChI=1S/C6H8N6O/c1-2-13-9-5-3-4-6-7-10-11-12(6)8-5/h3-4H,2H2,1H3,(H,8,9). The molecule has 0 saturated heterocycles. The molecule has 2 heterocycles. The van der Waals surface area contributed by atoms with E-state index in [4.69, 9.17) is 4.84 Å². The van der Waals surface area contributed by atoms with Crippen molar-refractivity contribution in [2.24, 2.45) is 0 Å². The lowest BCUT2D eigenvalue weighted by molar-refractivity contribution is 0.208. The lowest BCUT2D eigenvalue weighted by Gasteiger charge is -2.01. The SMILES string of the molecule is CCONc1ccc2nnnn2n1. The monoisotopic (exact) mass is 180 g/mol. The van der Waals surface area contributed by atoms with E-state index in [1.165, 1.54) is 4.63 Å². The first-order valence-electron chi connectivity index (χ1n) is 3.83. The molecule has 2 aromatic rings. The second kappa shape index (κ2) is 3.31. The molecule has 2 rings (SSSR count). The Balaban J connectivity index is 2.26. The van der Waals surface area contributed by atoms with Gasteiger partial charge in [0.1, 0.15) is 0 Å². The van der Waals surface area contributed by atoms with Crippen LogP contribution in [0, 0.1) is 0 Å². The Hall–Kier alpha value is -1.76. The molecule has 0 spiro atoms. The van der Waals surface area contributed by atoms with E-state index in [0.717, 1.165) is 0 Å². The zero-order valence-electron chi connectivity index (χ0n) is 7.01. The Bertz CT molecular complexity index is 399. The quantitative estimate of drug-likeness (QED) is 0.663. The van der Waals surface area contributed by atoms with E-state index in [9.17, 15) is 0 Å². The molecule has 0 fully saturated rings. The van der Waals surface area contributed by atoms with Gasteiger partial charge in [-0.1, -0.05) is 0 Å². The largest absolute Gasteiger partial charge is 0.275 e. The van der Waals surface area contributed by atoms with Gasteiger partial charge in [0, 0.05) is 0 Å². The number of aromatic nitrogens is 5.